The van der Waals surface area contributed by atoms with Crippen molar-refractivity contribution in [2.24, 2.45) is 0 Å². The molecule has 26 heavy (non-hydrogen) atoms. The number of hydrogen-bond acceptors (Lipinski definition) is 4. The number of methoxy groups -OCH3 is 3. The summed E-state index contributed by atoms with van der Waals surface area (Å²) in [7, 11) is 4.69. The van der Waals surface area contributed by atoms with Crippen LogP contribution in [0.2, 0.25) is 0 Å². The molecule has 0 bridgehead atoms. The molecule has 138 valence electrons. The van der Waals surface area contributed by atoms with Crippen LogP contribution in [0, 0.1) is 0 Å². The topological polar surface area (TPSA) is 48.0 Å². The lowest BCUT2D eigenvalue weighted by molar-refractivity contribution is -0.126. The van der Waals surface area contributed by atoms with E-state index in [-0.39, 0.29) is 5.91 Å². The van der Waals surface area contributed by atoms with Crippen molar-refractivity contribution in [2.75, 3.05) is 27.9 Å². The maximum atomic E-state index is 12.5. The van der Waals surface area contributed by atoms with Crippen molar-refractivity contribution in [2.45, 2.75) is 13.5 Å². The van der Waals surface area contributed by atoms with Crippen LogP contribution in [0.5, 0.6) is 17.2 Å². The van der Waals surface area contributed by atoms with Crippen LogP contribution in [-0.4, -0.2) is 38.7 Å². The Morgan fingerprint density at radius 1 is 1.00 bits per heavy atom. The molecule has 2 aromatic carbocycles. The number of nitrogens with zero attached hydrogens (tertiary/aromatic N) is 1. The molecule has 0 saturated heterocycles. The standard InChI is InChI=1S/C21H25NO4/c1-5-22(15-16-9-7-6-8-10-16)20(23)12-11-17-13-18(24-2)21(26-4)19(14-17)25-3/h6-14H,5,15H2,1-4H3/b12-11+. The van der Waals surface area contributed by atoms with Gasteiger partial charge in [0.15, 0.2) is 11.5 Å². The zero-order chi connectivity index (χ0) is 18.9. The summed E-state index contributed by atoms with van der Waals surface area (Å²) in [5.74, 6) is 1.58. The van der Waals surface area contributed by atoms with Gasteiger partial charge in [0.05, 0.1) is 21.3 Å². The van der Waals surface area contributed by atoms with Crippen LogP contribution in [0.15, 0.2) is 48.5 Å². The highest BCUT2D eigenvalue weighted by atomic mass is 16.5. The molecule has 1 amide bonds. The minimum Gasteiger partial charge on any atom is -0.493 e. The first-order chi connectivity index (χ1) is 12.6. The Morgan fingerprint density at radius 3 is 2.12 bits per heavy atom. The van der Waals surface area contributed by atoms with Gasteiger partial charge in [0.1, 0.15) is 0 Å². The quantitative estimate of drug-likeness (QED) is 0.676. The fourth-order valence-electron chi connectivity index (χ4n) is 2.62. The predicted octanol–water partition coefficient (Wildman–Crippen LogP) is 3.77. The highest BCUT2D eigenvalue weighted by Crippen LogP contribution is 2.38. The largest absolute Gasteiger partial charge is 0.493 e. The zero-order valence-electron chi connectivity index (χ0n) is 15.7. The van der Waals surface area contributed by atoms with Gasteiger partial charge in [-0.05, 0) is 36.3 Å². The monoisotopic (exact) mass is 355 g/mol. The van der Waals surface area contributed by atoms with Crippen molar-refractivity contribution in [1.82, 2.24) is 4.90 Å². The molecule has 2 aromatic rings. The molecule has 0 aliphatic rings. The van der Waals surface area contributed by atoms with Crippen LogP contribution >= 0.6 is 0 Å². The normalized spacial score (nSPS) is 10.6. The summed E-state index contributed by atoms with van der Waals surface area (Å²) in [5, 5.41) is 0. The van der Waals surface area contributed by atoms with Crippen LogP contribution < -0.4 is 14.2 Å². The number of ether oxygens (including phenoxy) is 3. The summed E-state index contributed by atoms with van der Waals surface area (Å²) >= 11 is 0. The molecule has 0 aromatic heterocycles. The van der Waals surface area contributed by atoms with E-state index in [0.717, 1.165) is 11.1 Å². The molecular formula is C21H25NO4. The third-order valence-electron chi connectivity index (χ3n) is 4.02. The van der Waals surface area contributed by atoms with E-state index in [1.54, 1.807) is 50.5 Å². The van der Waals surface area contributed by atoms with Gasteiger partial charge in [-0.1, -0.05) is 30.3 Å². The number of carbonyl (C=O) groups is 1. The molecule has 0 unspecified atom stereocenters. The molecule has 0 saturated carbocycles. The molecule has 0 heterocycles. The van der Waals surface area contributed by atoms with Crippen LogP contribution in [0.25, 0.3) is 6.08 Å². The number of likely N-dealkylation sites (N-methyl/N-ethyl adjacent to an activating group) is 1. The Kier molecular flexibility index (Phi) is 7.09. The summed E-state index contributed by atoms with van der Waals surface area (Å²) in [6.45, 7) is 3.18. The summed E-state index contributed by atoms with van der Waals surface area (Å²) in [6.07, 6.45) is 3.31. The summed E-state index contributed by atoms with van der Waals surface area (Å²) < 4.78 is 16.0. The van der Waals surface area contributed by atoms with Crippen LogP contribution in [0.1, 0.15) is 18.1 Å². The fraction of sp³-hybridized carbons (Fsp3) is 0.286. The number of amides is 1. The highest BCUT2D eigenvalue weighted by molar-refractivity contribution is 5.92. The minimum absolute atomic E-state index is 0.0508. The Labute approximate surface area is 154 Å². The zero-order valence-corrected chi connectivity index (χ0v) is 15.7. The first-order valence-corrected chi connectivity index (χ1v) is 8.43. The number of hydrogen-bond donors (Lipinski definition) is 0. The van der Waals surface area contributed by atoms with Gasteiger partial charge in [-0.25, -0.2) is 0 Å². The lowest BCUT2D eigenvalue weighted by Crippen LogP contribution is -2.28. The maximum Gasteiger partial charge on any atom is 0.246 e. The predicted molar refractivity (Wildman–Crippen MR) is 103 cm³/mol. The average Bonchev–Trinajstić information content (AvgIpc) is 2.69. The van der Waals surface area contributed by atoms with Gasteiger partial charge in [0.25, 0.3) is 0 Å². The second-order valence-electron chi connectivity index (χ2n) is 5.63. The third-order valence-corrected chi connectivity index (χ3v) is 4.02. The molecule has 0 N–H and O–H groups in total. The first kappa shape index (κ1) is 19.4. The SMILES string of the molecule is CCN(Cc1ccccc1)C(=O)/C=C/c1cc(OC)c(OC)c(OC)c1. The van der Waals surface area contributed by atoms with Crippen LogP contribution in [-0.2, 0) is 11.3 Å². The van der Waals surface area contributed by atoms with Gasteiger partial charge >= 0.3 is 0 Å². The van der Waals surface area contributed by atoms with E-state index in [1.807, 2.05) is 37.3 Å². The highest BCUT2D eigenvalue weighted by Gasteiger charge is 2.13. The minimum atomic E-state index is -0.0508. The Hall–Kier alpha value is -2.95. The second-order valence-corrected chi connectivity index (χ2v) is 5.63. The van der Waals surface area contributed by atoms with Crippen LogP contribution in [0.3, 0.4) is 0 Å². The summed E-state index contributed by atoms with van der Waals surface area (Å²) in [6, 6.07) is 13.5. The van der Waals surface area contributed by atoms with Crippen molar-refractivity contribution in [3.63, 3.8) is 0 Å². The third kappa shape index (κ3) is 4.79. The smallest absolute Gasteiger partial charge is 0.246 e. The molecule has 0 aliphatic carbocycles. The lowest BCUT2D eigenvalue weighted by Gasteiger charge is -2.19. The van der Waals surface area contributed by atoms with E-state index in [4.69, 9.17) is 14.2 Å². The van der Waals surface area contributed by atoms with Gasteiger partial charge in [-0.15, -0.1) is 0 Å². The molecule has 0 atom stereocenters. The lowest BCUT2D eigenvalue weighted by atomic mass is 10.1. The molecule has 0 radical (unpaired) electrons. The van der Waals surface area contributed by atoms with Crippen molar-refractivity contribution >= 4 is 12.0 Å². The first-order valence-electron chi connectivity index (χ1n) is 8.43. The summed E-state index contributed by atoms with van der Waals surface area (Å²) in [5.41, 5.74) is 1.90. The van der Waals surface area contributed by atoms with Gasteiger partial charge < -0.3 is 19.1 Å². The van der Waals surface area contributed by atoms with Gasteiger partial charge in [-0.2, -0.15) is 0 Å². The number of carbonyl (C=O) groups excluding carboxylic acids is 1. The number of benzene rings is 2. The van der Waals surface area contributed by atoms with Crippen molar-refractivity contribution in [3.8, 4) is 17.2 Å². The van der Waals surface area contributed by atoms with Gasteiger partial charge in [0, 0.05) is 19.2 Å². The molecule has 0 spiro atoms. The Morgan fingerprint density at radius 2 is 1.62 bits per heavy atom. The Balaban J connectivity index is 2.18. The van der Waals surface area contributed by atoms with Crippen LogP contribution in [0.4, 0.5) is 0 Å². The molecule has 5 nitrogen and oxygen atoms in total. The van der Waals surface area contributed by atoms with E-state index in [1.165, 1.54) is 0 Å². The Bertz CT molecular complexity index is 731. The second kappa shape index (κ2) is 9.51. The van der Waals surface area contributed by atoms with Gasteiger partial charge in [0.2, 0.25) is 11.7 Å². The molecule has 5 heteroatoms. The van der Waals surface area contributed by atoms with E-state index in [9.17, 15) is 4.79 Å². The molecule has 0 fully saturated rings. The van der Waals surface area contributed by atoms with Crippen molar-refractivity contribution in [3.05, 3.63) is 59.7 Å². The molecule has 0 aliphatic heterocycles. The molecular weight excluding hydrogens is 330 g/mol. The molecule has 2 rings (SSSR count). The maximum absolute atomic E-state index is 12.5. The van der Waals surface area contributed by atoms with Crippen molar-refractivity contribution in [1.29, 1.82) is 0 Å². The van der Waals surface area contributed by atoms with E-state index < -0.39 is 0 Å². The van der Waals surface area contributed by atoms with E-state index >= 15 is 0 Å². The van der Waals surface area contributed by atoms with Crippen molar-refractivity contribution < 1.29 is 19.0 Å². The van der Waals surface area contributed by atoms with E-state index in [2.05, 4.69) is 0 Å². The summed E-state index contributed by atoms with van der Waals surface area (Å²) in [4.78, 5) is 14.3. The fourth-order valence-corrected chi connectivity index (χ4v) is 2.62. The average molecular weight is 355 g/mol. The van der Waals surface area contributed by atoms with E-state index in [0.29, 0.717) is 30.3 Å². The van der Waals surface area contributed by atoms with Gasteiger partial charge in [-0.3, -0.25) is 4.79 Å². The number of rotatable bonds is 8.